The Morgan fingerprint density at radius 3 is 2.61 bits per heavy atom. The lowest BCUT2D eigenvalue weighted by Crippen LogP contribution is -2.19. The Morgan fingerprint density at radius 2 is 1.78 bits per heavy atom. The summed E-state index contributed by atoms with van der Waals surface area (Å²) in [5.41, 5.74) is 2.64. The van der Waals surface area contributed by atoms with Crippen LogP contribution in [0.2, 0.25) is 0 Å². The van der Waals surface area contributed by atoms with E-state index in [0.717, 1.165) is 5.92 Å². The fourth-order valence-corrected chi connectivity index (χ4v) is 4.48. The molecule has 0 amide bonds. The van der Waals surface area contributed by atoms with Crippen LogP contribution in [0.1, 0.15) is 24.8 Å². The average molecular weight is 232 g/mol. The molecule has 0 heteroatoms. The standard InChI is InChI=1S/C18H16/c1-2-6-15-13(4-1)5-3-7-16(15)18-12-14(18)8-9-17(18)10-11-17/h1-9,14H,10-12H2. The van der Waals surface area contributed by atoms with Crippen molar-refractivity contribution in [2.45, 2.75) is 24.7 Å². The van der Waals surface area contributed by atoms with Crippen molar-refractivity contribution in [2.24, 2.45) is 11.3 Å². The largest absolute Gasteiger partial charge is 0.0839 e. The molecule has 2 fully saturated rings. The molecule has 0 bridgehead atoms. The number of fused-ring (bicyclic) bond motifs is 3. The zero-order chi connectivity index (χ0) is 11.8. The van der Waals surface area contributed by atoms with Crippen molar-refractivity contribution in [1.82, 2.24) is 0 Å². The summed E-state index contributed by atoms with van der Waals surface area (Å²) in [6.07, 6.45) is 9.22. The molecule has 0 heterocycles. The van der Waals surface area contributed by atoms with Gasteiger partial charge in [-0.2, -0.15) is 0 Å². The minimum atomic E-state index is 0.480. The maximum Gasteiger partial charge on any atom is 0.0119 e. The van der Waals surface area contributed by atoms with Gasteiger partial charge in [0.1, 0.15) is 0 Å². The van der Waals surface area contributed by atoms with E-state index in [-0.39, 0.29) is 0 Å². The molecule has 3 aliphatic carbocycles. The minimum Gasteiger partial charge on any atom is -0.0839 e. The molecule has 2 saturated carbocycles. The maximum absolute atomic E-state index is 2.53. The Hall–Kier alpha value is -1.56. The van der Waals surface area contributed by atoms with Gasteiger partial charge in [-0.15, -0.1) is 0 Å². The summed E-state index contributed by atoms with van der Waals surface area (Å²) < 4.78 is 0. The normalized spacial score (nSPS) is 33.9. The van der Waals surface area contributed by atoms with Crippen LogP contribution < -0.4 is 0 Å². The van der Waals surface area contributed by atoms with Gasteiger partial charge in [-0.05, 0) is 46.9 Å². The van der Waals surface area contributed by atoms with E-state index in [1.54, 1.807) is 5.56 Å². The van der Waals surface area contributed by atoms with Gasteiger partial charge >= 0.3 is 0 Å². The van der Waals surface area contributed by atoms with Crippen molar-refractivity contribution in [2.75, 3.05) is 0 Å². The van der Waals surface area contributed by atoms with Crippen LogP contribution in [0.5, 0.6) is 0 Å². The Kier molecular flexibility index (Phi) is 1.41. The third-order valence-electron chi connectivity index (χ3n) is 5.61. The van der Waals surface area contributed by atoms with Gasteiger partial charge in [0.15, 0.2) is 0 Å². The van der Waals surface area contributed by atoms with Gasteiger partial charge in [-0.1, -0.05) is 54.6 Å². The predicted octanol–water partition coefficient (Wildman–Crippen LogP) is 4.45. The second-order valence-corrected chi connectivity index (χ2v) is 6.32. The van der Waals surface area contributed by atoms with Gasteiger partial charge in [-0.25, -0.2) is 0 Å². The van der Waals surface area contributed by atoms with Gasteiger partial charge < -0.3 is 0 Å². The topological polar surface area (TPSA) is 0 Å². The van der Waals surface area contributed by atoms with Crippen LogP contribution in [0, 0.1) is 11.3 Å². The highest BCUT2D eigenvalue weighted by Gasteiger charge is 2.73. The number of allylic oxidation sites excluding steroid dienone is 2. The van der Waals surface area contributed by atoms with Crippen molar-refractivity contribution in [3.8, 4) is 0 Å². The molecular weight excluding hydrogens is 216 g/mol. The lowest BCUT2D eigenvalue weighted by Gasteiger charge is -2.24. The van der Waals surface area contributed by atoms with Crippen LogP contribution >= 0.6 is 0 Å². The van der Waals surface area contributed by atoms with E-state index in [9.17, 15) is 0 Å². The first-order chi connectivity index (χ1) is 8.86. The fourth-order valence-electron chi connectivity index (χ4n) is 4.48. The molecule has 5 rings (SSSR count). The molecule has 18 heavy (non-hydrogen) atoms. The van der Waals surface area contributed by atoms with E-state index in [4.69, 9.17) is 0 Å². The molecule has 2 aromatic carbocycles. The third-order valence-corrected chi connectivity index (χ3v) is 5.61. The Morgan fingerprint density at radius 1 is 0.944 bits per heavy atom. The van der Waals surface area contributed by atoms with Crippen molar-refractivity contribution in [1.29, 1.82) is 0 Å². The number of rotatable bonds is 1. The van der Waals surface area contributed by atoms with E-state index in [2.05, 4.69) is 54.6 Å². The highest BCUT2D eigenvalue weighted by Crippen LogP contribution is 2.78. The highest BCUT2D eigenvalue weighted by atomic mass is 14.8. The molecular formula is C18H16. The first-order valence-electron chi connectivity index (χ1n) is 7.03. The van der Waals surface area contributed by atoms with E-state index >= 15 is 0 Å². The number of hydrogen-bond acceptors (Lipinski definition) is 0. The Bertz CT molecular complexity index is 685. The quantitative estimate of drug-likeness (QED) is 0.637. The van der Waals surface area contributed by atoms with Crippen LogP contribution in [0.25, 0.3) is 10.8 Å². The van der Waals surface area contributed by atoms with Crippen molar-refractivity contribution < 1.29 is 0 Å². The monoisotopic (exact) mass is 232 g/mol. The molecule has 2 aromatic rings. The molecule has 0 aliphatic heterocycles. The molecule has 0 nitrogen and oxygen atoms in total. The minimum absolute atomic E-state index is 0.480. The second kappa shape index (κ2) is 2.71. The lowest BCUT2D eigenvalue weighted by atomic mass is 9.79. The molecule has 3 aliphatic rings. The summed E-state index contributed by atoms with van der Waals surface area (Å²) in [5, 5.41) is 2.88. The lowest BCUT2D eigenvalue weighted by molar-refractivity contribution is 0.479. The molecule has 0 N–H and O–H groups in total. The molecule has 0 radical (unpaired) electrons. The zero-order valence-electron chi connectivity index (χ0n) is 10.4. The molecule has 2 unspecified atom stereocenters. The van der Waals surface area contributed by atoms with Crippen LogP contribution in [0.15, 0.2) is 54.6 Å². The maximum atomic E-state index is 2.53. The third kappa shape index (κ3) is 0.880. The van der Waals surface area contributed by atoms with E-state index in [1.807, 2.05) is 0 Å². The smallest absolute Gasteiger partial charge is 0.0119 e. The summed E-state index contributed by atoms with van der Waals surface area (Å²) in [6, 6.07) is 15.8. The van der Waals surface area contributed by atoms with Gasteiger partial charge in [-0.3, -0.25) is 0 Å². The Labute approximate surface area is 107 Å². The second-order valence-electron chi connectivity index (χ2n) is 6.32. The fraction of sp³-hybridized carbons (Fsp3) is 0.333. The molecule has 2 atom stereocenters. The van der Waals surface area contributed by atoms with Crippen LogP contribution in [0.3, 0.4) is 0 Å². The van der Waals surface area contributed by atoms with Crippen molar-refractivity contribution >= 4 is 10.8 Å². The number of hydrogen-bond donors (Lipinski definition) is 0. The van der Waals surface area contributed by atoms with Gasteiger partial charge in [0, 0.05) is 5.41 Å². The molecule has 1 spiro atoms. The van der Waals surface area contributed by atoms with Crippen LogP contribution in [-0.4, -0.2) is 0 Å². The van der Waals surface area contributed by atoms with Gasteiger partial charge in [0.05, 0.1) is 0 Å². The van der Waals surface area contributed by atoms with E-state index in [1.165, 1.54) is 30.0 Å². The van der Waals surface area contributed by atoms with Crippen molar-refractivity contribution in [3.63, 3.8) is 0 Å². The summed E-state index contributed by atoms with van der Waals surface area (Å²) in [4.78, 5) is 0. The summed E-state index contributed by atoms with van der Waals surface area (Å²) in [7, 11) is 0. The first-order valence-corrected chi connectivity index (χ1v) is 7.03. The molecule has 0 aromatic heterocycles. The summed E-state index contributed by atoms with van der Waals surface area (Å²) in [6.45, 7) is 0. The van der Waals surface area contributed by atoms with E-state index in [0.29, 0.717) is 10.8 Å². The molecule has 88 valence electrons. The number of benzene rings is 2. The molecule has 0 saturated heterocycles. The van der Waals surface area contributed by atoms with Gasteiger partial charge in [0.2, 0.25) is 0 Å². The first kappa shape index (κ1) is 9.38. The predicted molar refractivity (Wildman–Crippen MR) is 74.5 cm³/mol. The zero-order valence-corrected chi connectivity index (χ0v) is 10.4. The van der Waals surface area contributed by atoms with Gasteiger partial charge in [0.25, 0.3) is 0 Å². The van der Waals surface area contributed by atoms with Crippen molar-refractivity contribution in [3.05, 3.63) is 60.2 Å². The van der Waals surface area contributed by atoms with Crippen LogP contribution in [-0.2, 0) is 5.41 Å². The summed E-state index contributed by atoms with van der Waals surface area (Å²) >= 11 is 0. The van der Waals surface area contributed by atoms with E-state index < -0.39 is 0 Å². The highest BCUT2D eigenvalue weighted by molar-refractivity contribution is 5.88. The summed E-state index contributed by atoms with van der Waals surface area (Å²) in [5.74, 6) is 0.825. The SMILES string of the molecule is C1=CC2(CC2)C2(c3cccc4ccccc34)CC12. The Balaban J connectivity index is 1.81. The van der Waals surface area contributed by atoms with Crippen LogP contribution in [0.4, 0.5) is 0 Å². The average Bonchev–Trinajstić information content (AvgIpc) is 3.29.